The molecule has 1 heterocycles. The van der Waals surface area contributed by atoms with Crippen LogP contribution in [-0.2, 0) is 4.74 Å². The van der Waals surface area contributed by atoms with E-state index in [4.69, 9.17) is 4.74 Å². The van der Waals surface area contributed by atoms with Crippen LogP contribution >= 0.6 is 0 Å². The lowest BCUT2D eigenvalue weighted by Gasteiger charge is -2.37. The van der Waals surface area contributed by atoms with Gasteiger partial charge in [-0.25, -0.2) is 0 Å². The highest BCUT2D eigenvalue weighted by atomic mass is 16.5. The fourth-order valence-corrected chi connectivity index (χ4v) is 1.70. The molecule has 0 aromatic rings. The van der Waals surface area contributed by atoms with Crippen LogP contribution in [0.3, 0.4) is 0 Å². The van der Waals surface area contributed by atoms with Crippen molar-refractivity contribution in [3.63, 3.8) is 0 Å². The van der Waals surface area contributed by atoms with E-state index in [0.29, 0.717) is 12.1 Å². The van der Waals surface area contributed by atoms with Crippen LogP contribution in [0.2, 0.25) is 0 Å². The highest BCUT2D eigenvalue weighted by Crippen LogP contribution is 2.12. The molecule has 0 saturated carbocycles. The summed E-state index contributed by atoms with van der Waals surface area (Å²) in [6.45, 7) is 9.69. The average molecular weight is 157 g/mol. The van der Waals surface area contributed by atoms with Crippen molar-refractivity contribution in [1.29, 1.82) is 0 Å². The molecule has 0 spiro atoms. The Kier molecular flexibility index (Phi) is 3.34. The minimum absolute atomic E-state index is 0.656. The van der Waals surface area contributed by atoms with Gasteiger partial charge in [-0.05, 0) is 20.3 Å². The zero-order valence-corrected chi connectivity index (χ0v) is 7.84. The van der Waals surface area contributed by atoms with Crippen molar-refractivity contribution in [2.24, 2.45) is 0 Å². The molecule has 1 aliphatic rings. The van der Waals surface area contributed by atoms with Gasteiger partial charge >= 0.3 is 0 Å². The smallest absolute Gasteiger partial charge is 0.0622 e. The van der Waals surface area contributed by atoms with E-state index in [1.54, 1.807) is 0 Å². The second-order valence-corrected chi connectivity index (χ2v) is 3.47. The van der Waals surface area contributed by atoms with E-state index in [9.17, 15) is 0 Å². The van der Waals surface area contributed by atoms with Crippen molar-refractivity contribution in [2.45, 2.75) is 39.3 Å². The highest BCUT2D eigenvalue weighted by Gasteiger charge is 2.22. The third kappa shape index (κ3) is 2.17. The van der Waals surface area contributed by atoms with E-state index in [1.165, 1.54) is 6.42 Å². The predicted molar refractivity (Wildman–Crippen MR) is 46.7 cm³/mol. The quantitative estimate of drug-likeness (QED) is 0.602. The minimum Gasteiger partial charge on any atom is -0.378 e. The third-order valence-corrected chi connectivity index (χ3v) is 2.41. The summed E-state index contributed by atoms with van der Waals surface area (Å²) < 4.78 is 5.41. The van der Waals surface area contributed by atoms with E-state index in [0.717, 1.165) is 19.8 Å². The van der Waals surface area contributed by atoms with Crippen LogP contribution in [-0.4, -0.2) is 36.7 Å². The molecule has 2 nitrogen and oxygen atoms in total. The van der Waals surface area contributed by atoms with Gasteiger partial charge in [0.15, 0.2) is 0 Å². The zero-order chi connectivity index (χ0) is 8.27. The highest BCUT2D eigenvalue weighted by molar-refractivity contribution is 4.76. The lowest BCUT2D eigenvalue weighted by Crippen LogP contribution is -2.48. The van der Waals surface area contributed by atoms with E-state index < -0.39 is 0 Å². The van der Waals surface area contributed by atoms with E-state index in [2.05, 4.69) is 25.7 Å². The van der Waals surface area contributed by atoms with E-state index in [1.807, 2.05) is 0 Å². The zero-order valence-electron chi connectivity index (χ0n) is 7.84. The Bertz CT molecular complexity index is 114. The number of nitrogens with zero attached hydrogens (tertiary/aromatic N) is 1. The number of rotatable bonds is 2. The van der Waals surface area contributed by atoms with Gasteiger partial charge < -0.3 is 4.74 Å². The molecular weight excluding hydrogens is 138 g/mol. The van der Waals surface area contributed by atoms with Crippen LogP contribution in [0.1, 0.15) is 27.2 Å². The van der Waals surface area contributed by atoms with Gasteiger partial charge in [0.25, 0.3) is 0 Å². The molecule has 11 heavy (non-hydrogen) atoms. The fourth-order valence-electron chi connectivity index (χ4n) is 1.70. The number of morpholine rings is 1. The summed E-state index contributed by atoms with van der Waals surface area (Å²) in [5.41, 5.74) is 0. The van der Waals surface area contributed by atoms with Crippen molar-refractivity contribution in [2.75, 3.05) is 19.8 Å². The molecule has 1 fully saturated rings. The molecule has 0 aromatic carbocycles. The summed E-state index contributed by atoms with van der Waals surface area (Å²) in [6.07, 6.45) is 1.21. The van der Waals surface area contributed by atoms with Crippen molar-refractivity contribution in [3.8, 4) is 0 Å². The number of ether oxygens (including phenoxy) is 1. The van der Waals surface area contributed by atoms with E-state index >= 15 is 0 Å². The normalized spacial score (nSPS) is 27.8. The molecule has 0 N–H and O–H groups in total. The Labute approximate surface area is 69.5 Å². The molecule has 0 aromatic heterocycles. The summed E-state index contributed by atoms with van der Waals surface area (Å²) in [4.78, 5) is 2.53. The predicted octanol–water partition coefficient (Wildman–Crippen LogP) is 1.51. The SMILES string of the molecule is CC[C@@H]1COCCN1C(C)C. The van der Waals surface area contributed by atoms with Crippen LogP contribution in [0, 0.1) is 0 Å². The molecule has 0 radical (unpaired) electrons. The molecule has 0 bridgehead atoms. The van der Waals surface area contributed by atoms with Gasteiger partial charge in [0.2, 0.25) is 0 Å². The number of hydrogen-bond donors (Lipinski definition) is 0. The molecule has 0 aliphatic carbocycles. The van der Waals surface area contributed by atoms with Crippen LogP contribution < -0.4 is 0 Å². The fraction of sp³-hybridized carbons (Fsp3) is 1.00. The second-order valence-electron chi connectivity index (χ2n) is 3.47. The van der Waals surface area contributed by atoms with Gasteiger partial charge in [-0.15, -0.1) is 0 Å². The van der Waals surface area contributed by atoms with Crippen LogP contribution in [0.15, 0.2) is 0 Å². The molecule has 1 rings (SSSR count). The van der Waals surface area contributed by atoms with Gasteiger partial charge in [0, 0.05) is 18.6 Å². The summed E-state index contributed by atoms with van der Waals surface area (Å²) in [5, 5.41) is 0. The van der Waals surface area contributed by atoms with Crippen LogP contribution in [0.5, 0.6) is 0 Å². The van der Waals surface area contributed by atoms with Crippen molar-refractivity contribution in [3.05, 3.63) is 0 Å². The molecular formula is C9H19NO. The number of hydrogen-bond acceptors (Lipinski definition) is 2. The molecule has 0 unspecified atom stereocenters. The maximum absolute atomic E-state index is 5.41. The Morgan fingerprint density at radius 2 is 2.27 bits per heavy atom. The summed E-state index contributed by atoms with van der Waals surface area (Å²) in [6, 6.07) is 1.33. The Balaban J connectivity index is 2.44. The first kappa shape index (κ1) is 9.01. The van der Waals surface area contributed by atoms with Crippen molar-refractivity contribution >= 4 is 0 Å². The lowest BCUT2D eigenvalue weighted by molar-refractivity contribution is -0.0231. The molecule has 1 saturated heterocycles. The maximum Gasteiger partial charge on any atom is 0.0622 e. The van der Waals surface area contributed by atoms with Gasteiger partial charge in [0.05, 0.1) is 13.2 Å². The Hall–Kier alpha value is -0.0800. The maximum atomic E-state index is 5.41. The van der Waals surface area contributed by atoms with Crippen molar-refractivity contribution < 1.29 is 4.74 Å². The molecule has 1 aliphatic heterocycles. The molecule has 1 atom stereocenters. The summed E-state index contributed by atoms with van der Waals surface area (Å²) in [7, 11) is 0. The summed E-state index contributed by atoms with van der Waals surface area (Å²) >= 11 is 0. The van der Waals surface area contributed by atoms with Crippen LogP contribution in [0.4, 0.5) is 0 Å². The van der Waals surface area contributed by atoms with E-state index in [-0.39, 0.29) is 0 Å². The summed E-state index contributed by atoms with van der Waals surface area (Å²) in [5.74, 6) is 0. The lowest BCUT2D eigenvalue weighted by atomic mass is 10.1. The topological polar surface area (TPSA) is 12.5 Å². The monoisotopic (exact) mass is 157 g/mol. The Morgan fingerprint density at radius 1 is 1.55 bits per heavy atom. The van der Waals surface area contributed by atoms with Gasteiger partial charge in [-0.2, -0.15) is 0 Å². The first-order valence-electron chi connectivity index (χ1n) is 4.59. The van der Waals surface area contributed by atoms with Gasteiger partial charge in [0.1, 0.15) is 0 Å². The first-order valence-corrected chi connectivity index (χ1v) is 4.59. The molecule has 2 heteroatoms. The second kappa shape index (κ2) is 4.07. The third-order valence-electron chi connectivity index (χ3n) is 2.41. The van der Waals surface area contributed by atoms with Gasteiger partial charge in [-0.3, -0.25) is 4.90 Å². The van der Waals surface area contributed by atoms with Crippen LogP contribution in [0.25, 0.3) is 0 Å². The molecule has 0 amide bonds. The Morgan fingerprint density at radius 3 is 2.73 bits per heavy atom. The largest absolute Gasteiger partial charge is 0.378 e. The standard InChI is InChI=1S/C9H19NO/c1-4-9-7-11-6-5-10(9)8(2)3/h8-9H,4-7H2,1-3H3/t9-/m1/s1. The van der Waals surface area contributed by atoms with Gasteiger partial charge in [-0.1, -0.05) is 6.92 Å². The minimum atomic E-state index is 0.656. The average Bonchev–Trinajstić information content (AvgIpc) is 2.04. The first-order chi connectivity index (χ1) is 5.25. The van der Waals surface area contributed by atoms with Crippen molar-refractivity contribution in [1.82, 2.24) is 4.90 Å². The molecule has 66 valence electrons.